The first-order valence-corrected chi connectivity index (χ1v) is 23.6. The lowest BCUT2D eigenvalue weighted by Crippen LogP contribution is -2.29. The van der Waals surface area contributed by atoms with Crippen LogP contribution in [0.4, 0.5) is 0 Å². The summed E-state index contributed by atoms with van der Waals surface area (Å²) < 4.78 is 32.6. The number of carbonyl (C=O) groups is 2. The first-order valence-electron chi connectivity index (χ1n) is 22.1. The van der Waals surface area contributed by atoms with Crippen LogP contribution in [0, 0.1) is 0 Å². The Morgan fingerprint density at radius 2 is 1.07 bits per heavy atom. The average Bonchev–Trinajstić information content (AvgIpc) is 3.19. The Kier molecular flexibility index (Phi) is 38.3. The van der Waals surface area contributed by atoms with Gasteiger partial charge in [0.15, 0.2) is 6.10 Å². The summed E-state index contributed by atoms with van der Waals surface area (Å²) >= 11 is 0. The molecule has 0 aromatic carbocycles. The molecule has 5 atom stereocenters. The molecule has 334 valence electrons. The molecule has 0 rings (SSSR count). The largest absolute Gasteiger partial charge is 0.472 e. The second kappa shape index (κ2) is 39.6. The van der Waals surface area contributed by atoms with Crippen molar-refractivity contribution in [3.8, 4) is 0 Å². The lowest BCUT2D eigenvalue weighted by atomic mass is 10.0. The lowest BCUT2D eigenvalue weighted by molar-refractivity contribution is -0.161. The van der Waals surface area contributed by atoms with Gasteiger partial charge < -0.3 is 34.8 Å². The SMILES string of the molecule is CCCCC/C=C\C/C=C\CCCCCCCCCC(=O)O[C@H](COC(=O)CCCCCCC[C@@H](O)[C@H](O)C/C=C\CCCCC)COP(=O)(O)OC[C@@H](O)CO. The topological polar surface area (TPSA) is 189 Å². The number of rotatable bonds is 41. The smallest absolute Gasteiger partial charge is 0.462 e. The number of aliphatic hydroxyl groups is 4. The molecule has 0 aliphatic heterocycles. The van der Waals surface area contributed by atoms with E-state index in [1.165, 1.54) is 51.4 Å². The number of unbranched alkanes of at least 4 members (excludes halogenated alkanes) is 17. The van der Waals surface area contributed by atoms with Crippen molar-refractivity contribution >= 4 is 19.8 Å². The molecule has 1 unspecified atom stereocenters. The van der Waals surface area contributed by atoms with Gasteiger partial charge in [-0.25, -0.2) is 4.57 Å². The Bertz CT molecular complexity index is 1080. The molecule has 0 amide bonds. The van der Waals surface area contributed by atoms with Crippen LogP contribution in [-0.2, 0) is 32.7 Å². The Balaban J connectivity index is 4.41. The summed E-state index contributed by atoms with van der Waals surface area (Å²) in [7, 11) is -4.66. The van der Waals surface area contributed by atoms with Crippen molar-refractivity contribution in [1.82, 2.24) is 0 Å². The number of allylic oxidation sites excluding steroid dienone is 5. The van der Waals surface area contributed by atoms with Crippen LogP contribution in [0.1, 0.15) is 181 Å². The summed E-state index contributed by atoms with van der Waals surface area (Å²) in [5.74, 6) is -1.05. The molecule has 57 heavy (non-hydrogen) atoms. The Labute approximate surface area is 345 Å². The highest BCUT2D eigenvalue weighted by Gasteiger charge is 2.27. The quantitative estimate of drug-likeness (QED) is 0.0170. The summed E-state index contributed by atoms with van der Waals surface area (Å²) in [5.41, 5.74) is 0. The Morgan fingerprint density at radius 3 is 1.65 bits per heavy atom. The zero-order chi connectivity index (χ0) is 42.2. The number of phosphoric acid groups is 1. The molecule has 12 nitrogen and oxygen atoms in total. The third-order valence-corrected chi connectivity index (χ3v) is 10.4. The Hall–Kier alpha value is -1.89. The van der Waals surface area contributed by atoms with E-state index in [4.69, 9.17) is 19.1 Å². The van der Waals surface area contributed by atoms with Gasteiger partial charge in [-0.05, 0) is 70.6 Å². The fourth-order valence-electron chi connectivity index (χ4n) is 5.87. The normalized spacial score (nSPS) is 15.3. The van der Waals surface area contributed by atoms with Crippen LogP contribution in [0.25, 0.3) is 0 Å². The van der Waals surface area contributed by atoms with Crippen LogP contribution in [0.15, 0.2) is 36.5 Å². The maximum absolute atomic E-state index is 12.6. The number of carbonyl (C=O) groups excluding carboxylic acids is 2. The predicted octanol–water partition coefficient (Wildman–Crippen LogP) is 9.50. The number of aliphatic hydroxyl groups excluding tert-OH is 4. The molecule has 13 heteroatoms. The summed E-state index contributed by atoms with van der Waals surface area (Å²) in [4.78, 5) is 35.0. The van der Waals surface area contributed by atoms with Gasteiger partial charge in [0.1, 0.15) is 12.7 Å². The molecule has 5 N–H and O–H groups in total. The van der Waals surface area contributed by atoms with Crippen molar-refractivity contribution in [3.05, 3.63) is 36.5 Å². The molecule has 0 radical (unpaired) electrons. The first-order chi connectivity index (χ1) is 27.5. The highest BCUT2D eigenvalue weighted by molar-refractivity contribution is 7.47. The van der Waals surface area contributed by atoms with E-state index in [2.05, 4.69) is 48.8 Å². The molecule has 0 saturated carbocycles. The predicted molar refractivity (Wildman–Crippen MR) is 226 cm³/mol. The third-order valence-electron chi connectivity index (χ3n) is 9.47. The van der Waals surface area contributed by atoms with Gasteiger partial charge in [-0.1, -0.05) is 134 Å². The second-order valence-corrected chi connectivity index (χ2v) is 16.5. The Morgan fingerprint density at radius 1 is 0.579 bits per heavy atom. The minimum atomic E-state index is -4.66. The molecule has 0 aromatic rings. The molecular formula is C44H81O12P. The number of esters is 2. The average molecular weight is 833 g/mol. The molecular weight excluding hydrogens is 751 g/mol. The van der Waals surface area contributed by atoms with Gasteiger partial charge in [0.05, 0.1) is 32.0 Å². The molecule has 0 bridgehead atoms. The molecule has 0 aliphatic carbocycles. The highest BCUT2D eigenvalue weighted by Crippen LogP contribution is 2.43. The van der Waals surface area contributed by atoms with Crippen molar-refractivity contribution in [2.45, 2.75) is 205 Å². The van der Waals surface area contributed by atoms with Gasteiger partial charge in [-0.2, -0.15) is 0 Å². The van der Waals surface area contributed by atoms with Gasteiger partial charge in [0.2, 0.25) is 0 Å². The highest BCUT2D eigenvalue weighted by atomic mass is 31.2. The standard InChI is InChI=1S/C44H81O12P/c1-3-5-7-9-11-12-13-14-15-16-17-18-19-20-21-25-30-34-44(50)56-40(38-55-57(51,52)54-36-39(46)35-45)37-53-43(49)33-29-26-22-24-28-32-42(48)41(47)31-27-23-10-8-6-4-2/h11-12,14-15,23,27,39-42,45-48H,3-10,13,16-22,24-26,28-38H2,1-2H3,(H,51,52)/b12-11-,15-14-,27-23-/t39-,40+,41+,42+/m0/s1. The van der Waals surface area contributed by atoms with Gasteiger partial charge in [0.25, 0.3) is 0 Å². The molecule has 0 spiro atoms. The minimum absolute atomic E-state index is 0.141. The third kappa shape index (κ3) is 38.1. The van der Waals surface area contributed by atoms with E-state index < -0.39 is 64.0 Å². The summed E-state index contributed by atoms with van der Waals surface area (Å²) in [6, 6.07) is 0. The van der Waals surface area contributed by atoms with Crippen molar-refractivity contribution in [1.29, 1.82) is 0 Å². The summed E-state index contributed by atoms with van der Waals surface area (Å²) in [6.07, 6.45) is 32.7. The van der Waals surface area contributed by atoms with Crippen molar-refractivity contribution in [2.75, 3.05) is 26.4 Å². The van der Waals surface area contributed by atoms with E-state index in [-0.39, 0.29) is 19.4 Å². The molecule has 0 heterocycles. The first kappa shape index (κ1) is 55.1. The maximum atomic E-state index is 12.6. The summed E-state index contributed by atoms with van der Waals surface area (Å²) in [5, 5.41) is 38.7. The van der Waals surface area contributed by atoms with Crippen LogP contribution >= 0.6 is 7.82 Å². The van der Waals surface area contributed by atoms with Gasteiger partial charge >= 0.3 is 19.8 Å². The monoisotopic (exact) mass is 833 g/mol. The number of hydrogen-bond acceptors (Lipinski definition) is 11. The zero-order valence-electron chi connectivity index (χ0n) is 35.5. The van der Waals surface area contributed by atoms with E-state index >= 15 is 0 Å². The van der Waals surface area contributed by atoms with Crippen LogP contribution in [0.2, 0.25) is 0 Å². The number of ether oxygens (including phenoxy) is 2. The fraction of sp³-hybridized carbons (Fsp3) is 0.818. The molecule has 0 aliphatic rings. The van der Waals surface area contributed by atoms with E-state index in [0.29, 0.717) is 25.7 Å². The molecule has 0 aromatic heterocycles. The van der Waals surface area contributed by atoms with E-state index in [0.717, 1.165) is 77.0 Å². The van der Waals surface area contributed by atoms with E-state index in [1.54, 1.807) is 0 Å². The van der Waals surface area contributed by atoms with E-state index in [1.807, 2.05) is 6.08 Å². The maximum Gasteiger partial charge on any atom is 0.472 e. The summed E-state index contributed by atoms with van der Waals surface area (Å²) in [6.45, 7) is 2.11. The van der Waals surface area contributed by atoms with Crippen LogP contribution in [0.3, 0.4) is 0 Å². The van der Waals surface area contributed by atoms with Gasteiger partial charge in [0, 0.05) is 12.8 Å². The number of hydrogen-bond donors (Lipinski definition) is 5. The van der Waals surface area contributed by atoms with E-state index in [9.17, 15) is 34.4 Å². The van der Waals surface area contributed by atoms with Crippen molar-refractivity contribution in [2.24, 2.45) is 0 Å². The van der Waals surface area contributed by atoms with Crippen molar-refractivity contribution < 1.29 is 58.0 Å². The van der Waals surface area contributed by atoms with Gasteiger partial charge in [-0.3, -0.25) is 18.6 Å². The second-order valence-electron chi connectivity index (χ2n) is 15.0. The van der Waals surface area contributed by atoms with Crippen LogP contribution in [-0.4, -0.2) is 88.1 Å². The number of phosphoric ester groups is 1. The van der Waals surface area contributed by atoms with Crippen molar-refractivity contribution in [3.63, 3.8) is 0 Å². The van der Waals surface area contributed by atoms with Gasteiger partial charge in [-0.15, -0.1) is 0 Å². The zero-order valence-corrected chi connectivity index (χ0v) is 36.4. The molecule has 0 fully saturated rings. The van der Waals surface area contributed by atoms with Crippen LogP contribution in [0.5, 0.6) is 0 Å². The molecule has 0 saturated heterocycles. The van der Waals surface area contributed by atoms with Crippen LogP contribution < -0.4 is 0 Å². The fourth-order valence-corrected chi connectivity index (χ4v) is 6.66. The minimum Gasteiger partial charge on any atom is -0.462 e. The lowest BCUT2D eigenvalue weighted by Gasteiger charge is -2.20.